The van der Waals surface area contributed by atoms with Crippen molar-refractivity contribution in [1.29, 1.82) is 0 Å². The number of allylic oxidation sites excluding steroid dienone is 3. The molecule has 4 rings (SSSR count). The van der Waals surface area contributed by atoms with Crippen molar-refractivity contribution in [2.45, 2.75) is 31.3 Å². The van der Waals surface area contributed by atoms with Crippen molar-refractivity contribution in [3.05, 3.63) is 58.3 Å². The second kappa shape index (κ2) is 8.94. The molecule has 1 aliphatic heterocycles. The average molecular weight is 463 g/mol. The van der Waals surface area contributed by atoms with Gasteiger partial charge in [-0.15, -0.1) is 0 Å². The summed E-state index contributed by atoms with van der Waals surface area (Å²) in [6, 6.07) is 4.05. The third-order valence-electron chi connectivity index (χ3n) is 5.88. The van der Waals surface area contributed by atoms with Gasteiger partial charge in [0, 0.05) is 31.6 Å². The predicted octanol–water partition coefficient (Wildman–Crippen LogP) is 5.32. The molecule has 1 fully saturated rings. The van der Waals surface area contributed by atoms with E-state index in [1.54, 1.807) is 14.2 Å². The number of hydrogen-bond acceptors (Lipinski definition) is 5. The van der Waals surface area contributed by atoms with Crippen molar-refractivity contribution in [3.63, 3.8) is 0 Å². The van der Waals surface area contributed by atoms with Gasteiger partial charge in [0.05, 0.1) is 4.47 Å². The maximum atomic E-state index is 6.62. The van der Waals surface area contributed by atoms with Gasteiger partial charge in [0.1, 0.15) is 23.4 Å². The van der Waals surface area contributed by atoms with Gasteiger partial charge in [0.15, 0.2) is 13.6 Å². The molecule has 0 spiro atoms. The molecule has 6 heteroatoms. The Balaban J connectivity index is 1.59. The van der Waals surface area contributed by atoms with Gasteiger partial charge < -0.3 is 23.7 Å². The van der Waals surface area contributed by atoms with Crippen LogP contribution in [0, 0.1) is 11.8 Å². The van der Waals surface area contributed by atoms with Crippen LogP contribution in [0.2, 0.25) is 0 Å². The molecule has 1 aromatic carbocycles. The van der Waals surface area contributed by atoms with E-state index in [1.165, 1.54) is 11.1 Å². The topological polar surface area (TPSA) is 46.2 Å². The van der Waals surface area contributed by atoms with E-state index in [-0.39, 0.29) is 19.7 Å². The van der Waals surface area contributed by atoms with Gasteiger partial charge in [0.25, 0.3) is 0 Å². The van der Waals surface area contributed by atoms with E-state index in [1.807, 2.05) is 12.1 Å². The zero-order valence-corrected chi connectivity index (χ0v) is 18.4. The zero-order valence-electron chi connectivity index (χ0n) is 16.9. The smallest absolute Gasteiger partial charge is 0.188 e. The Bertz CT molecular complexity index is 831. The van der Waals surface area contributed by atoms with Gasteiger partial charge in [-0.3, -0.25) is 0 Å². The van der Waals surface area contributed by atoms with Crippen LogP contribution in [0.5, 0.6) is 11.5 Å². The van der Waals surface area contributed by atoms with Gasteiger partial charge in [-0.25, -0.2) is 0 Å². The minimum absolute atomic E-state index is 0.102. The zero-order chi connectivity index (χ0) is 20.4. The van der Waals surface area contributed by atoms with E-state index >= 15 is 0 Å². The third kappa shape index (κ3) is 4.25. The van der Waals surface area contributed by atoms with E-state index in [4.69, 9.17) is 23.7 Å². The fraction of sp³-hybridized carbons (Fsp3) is 0.478. The van der Waals surface area contributed by atoms with Crippen molar-refractivity contribution in [2.24, 2.45) is 11.8 Å². The molecule has 0 aromatic heterocycles. The van der Waals surface area contributed by atoms with E-state index in [2.05, 4.69) is 40.7 Å². The van der Waals surface area contributed by atoms with E-state index in [9.17, 15) is 0 Å². The lowest BCUT2D eigenvalue weighted by molar-refractivity contribution is 0.00825. The Morgan fingerprint density at radius 3 is 2.66 bits per heavy atom. The van der Waals surface area contributed by atoms with Crippen molar-refractivity contribution >= 4 is 15.9 Å². The number of methoxy groups -OCH3 is 2. The second-order valence-electron chi connectivity index (χ2n) is 7.80. The molecule has 0 saturated heterocycles. The standard InChI is InChI=1S/C23H27BrO5/c1-14-8-18-19(9-14)22(15-4-6-16(7-5-15)27-12-25-2)29-23-20(18)10-17(11-21(23)24)28-13-26-3/h4,6-7,10-11,15,18-19,22H,1,5,8-9,12-13H2,2-3H3/t15?,18-,19+,22+/m1/s1. The van der Waals surface area contributed by atoms with Crippen LogP contribution in [0.15, 0.2) is 52.7 Å². The maximum absolute atomic E-state index is 6.62. The quantitative estimate of drug-likeness (QED) is 0.405. The third-order valence-corrected chi connectivity index (χ3v) is 6.47. The molecule has 1 unspecified atom stereocenters. The number of rotatable bonds is 7. The first-order valence-corrected chi connectivity index (χ1v) is 10.7. The van der Waals surface area contributed by atoms with Crippen LogP contribution in [0.25, 0.3) is 0 Å². The fourth-order valence-electron chi connectivity index (χ4n) is 4.63. The molecule has 1 heterocycles. The summed E-state index contributed by atoms with van der Waals surface area (Å²) in [4.78, 5) is 0. The van der Waals surface area contributed by atoms with E-state index in [0.29, 0.717) is 17.8 Å². The first-order valence-electron chi connectivity index (χ1n) is 9.89. The first kappa shape index (κ1) is 20.5. The molecule has 5 nitrogen and oxygen atoms in total. The van der Waals surface area contributed by atoms with Crippen LogP contribution in [0.1, 0.15) is 30.7 Å². The molecular weight excluding hydrogens is 436 g/mol. The van der Waals surface area contributed by atoms with Crippen LogP contribution in [-0.4, -0.2) is 33.9 Å². The number of ether oxygens (including phenoxy) is 5. The Hall–Kier alpha value is -1.76. The normalized spacial score (nSPS) is 27.7. The number of halogens is 1. The molecule has 1 aromatic rings. The lowest BCUT2D eigenvalue weighted by Gasteiger charge is -2.40. The summed E-state index contributed by atoms with van der Waals surface area (Å²) in [5.74, 6) is 3.66. The lowest BCUT2D eigenvalue weighted by atomic mass is 9.76. The lowest BCUT2D eigenvalue weighted by Crippen LogP contribution is -2.39. The summed E-state index contributed by atoms with van der Waals surface area (Å²) < 4.78 is 28.8. The Morgan fingerprint density at radius 1 is 1.14 bits per heavy atom. The summed E-state index contributed by atoms with van der Waals surface area (Å²) in [6.07, 6.45) is 9.34. The predicted molar refractivity (Wildman–Crippen MR) is 114 cm³/mol. The highest BCUT2D eigenvalue weighted by Crippen LogP contribution is 2.55. The highest BCUT2D eigenvalue weighted by molar-refractivity contribution is 9.10. The molecule has 0 N–H and O–H groups in total. The molecule has 0 bridgehead atoms. The molecule has 2 aliphatic carbocycles. The van der Waals surface area contributed by atoms with Gasteiger partial charge in [-0.1, -0.05) is 18.2 Å². The summed E-state index contributed by atoms with van der Waals surface area (Å²) >= 11 is 3.69. The highest BCUT2D eigenvalue weighted by Gasteiger charge is 2.46. The number of hydrogen-bond donors (Lipinski definition) is 0. The van der Waals surface area contributed by atoms with E-state index < -0.39 is 0 Å². The van der Waals surface area contributed by atoms with Gasteiger partial charge in [-0.05, 0) is 65.4 Å². The SMILES string of the molecule is C=C1C[C@H]2[C@@H](C1)c1cc(OCOC)cc(Br)c1O[C@H]2C1C=CC(OCOC)=CC1. The minimum Gasteiger partial charge on any atom is -0.488 e. The van der Waals surface area contributed by atoms with Gasteiger partial charge in [0.2, 0.25) is 0 Å². The van der Waals surface area contributed by atoms with Gasteiger partial charge in [-0.2, -0.15) is 0 Å². The van der Waals surface area contributed by atoms with Crippen LogP contribution in [0.3, 0.4) is 0 Å². The molecular formula is C23H27BrO5. The summed E-state index contributed by atoms with van der Waals surface area (Å²) in [7, 11) is 3.25. The Kier molecular flexibility index (Phi) is 6.32. The van der Waals surface area contributed by atoms with Crippen molar-refractivity contribution in [1.82, 2.24) is 0 Å². The Morgan fingerprint density at radius 2 is 1.93 bits per heavy atom. The van der Waals surface area contributed by atoms with E-state index in [0.717, 1.165) is 41.0 Å². The van der Waals surface area contributed by atoms with Crippen LogP contribution >= 0.6 is 15.9 Å². The summed E-state index contributed by atoms with van der Waals surface area (Å²) in [6.45, 7) is 4.78. The molecule has 29 heavy (non-hydrogen) atoms. The number of benzene rings is 1. The molecule has 0 amide bonds. The molecule has 1 saturated carbocycles. The van der Waals surface area contributed by atoms with Gasteiger partial charge >= 0.3 is 0 Å². The van der Waals surface area contributed by atoms with Crippen molar-refractivity contribution in [2.75, 3.05) is 27.8 Å². The summed E-state index contributed by atoms with van der Waals surface area (Å²) in [5.41, 5.74) is 2.49. The number of fused-ring (bicyclic) bond motifs is 3. The second-order valence-corrected chi connectivity index (χ2v) is 8.66. The van der Waals surface area contributed by atoms with Crippen LogP contribution < -0.4 is 9.47 Å². The average Bonchev–Trinajstić information content (AvgIpc) is 3.12. The fourth-order valence-corrected chi connectivity index (χ4v) is 5.18. The molecule has 0 radical (unpaired) electrons. The molecule has 3 aliphatic rings. The maximum Gasteiger partial charge on any atom is 0.188 e. The highest BCUT2D eigenvalue weighted by atomic mass is 79.9. The monoisotopic (exact) mass is 462 g/mol. The Labute approximate surface area is 180 Å². The first-order chi connectivity index (χ1) is 14.1. The van der Waals surface area contributed by atoms with Crippen LogP contribution in [-0.2, 0) is 14.2 Å². The molecule has 156 valence electrons. The van der Waals surface area contributed by atoms with Crippen molar-refractivity contribution in [3.8, 4) is 11.5 Å². The van der Waals surface area contributed by atoms with Crippen LogP contribution in [0.4, 0.5) is 0 Å². The molecule has 4 atom stereocenters. The minimum atomic E-state index is 0.102. The largest absolute Gasteiger partial charge is 0.488 e. The van der Waals surface area contributed by atoms with Crippen molar-refractivity contribution < 1.29 is 23.7 Å². The summed E-state index contributed by atoms with van der Waals surface area (Å²) in [5, 5.41) is 0.